The fourth-order valence-electron chi connectivity index (χ4n) is 4.94. The van der Waals surface area contributed by atoms with Crippen LogP contribution in [0.15, 0.2) is 18.2 Å². The Morgan fingerprint density at radius 2 is 1.83 bits per heavy atom. The first-order valence-corrected chi connectivity index (χ1v) is 15.2. The van der Waals surface area contributed by atoms with Crippen LogP contribution in [0.1, 0.15) is 63.9 Å². The summed E-state index contributed by atoms with van der Waals surface area (Å²) in [6, 6.07) is 5.01. The lowest BCUT2D eigenvalue weighted by Gasteiger charge is -2.43. The number of amides is 3. The van der Waals surface area contributed by atoms with E-state index in [2.05, 4.69) is 10.6 Å². The molecule has 1 saturated heterocycles. The van der Waals surface area contributed by atoms with Gasteiger partial charge in [-0.25, -0.2) is 4.72 Å². The molecule has 2 heterocycles. The summed E-state index contributed by atoms with van der Waals surface area (Å²) in [5.41, 5.74) is -1.76. The molecule has 0 aliphatic carbocycles. The summed E-state index contributed by atoms with van der Waals surface area (Å²) in [7, 11) is -2.66. The van der Waals surface area contributed by atoms with Gasteiger partial charge in [0.1, 0.15) is 5.69 Å². The monoisotopic (exact) mass is 631 g/mol. The van der Waals surface area contributed by atoms with Crippen LogP contribution in [0.3, 0.4) is 0 Å². The van der Waals surface area contributed by atoms with Gasteiger partial charge < -0.3 is 19.9 Å². The zero-order chi connectivity index (χ0) is 30.8. The maximum atomic E-state index is 13.7. The van der Waals surface area contributed by atoms with Gasteiger partial charge >= 0.3 is 16.2 Å². The minimum absolute atomic E-state index is 0.0993. The smallest absolute Gasteiger partial charge is 0.304 e. The molecule has 0 bridgehead atoms. The van der Waals surface area contributed by atoms with Gasteiger partial charge in [0.05, 0.1) is 15.6 Å². The van der Waals surface area contributed by atoms with Crippen LogP contribution in [-0.4, -0.2) is 71.8 Å². The molecule has 1 aromatic heterocycles. The summed E-state index contributed by atoms with van der Waals surface area (Å²) in [5.74, 6) is -2.40. The Morgan fingerprint density at radius 3 is 2.46 bits per heavy atom. The van der Waals surface area contributed by atoms with E-state index in [0.717, 1.165) is 11.2 Å². The third-order valence-electron chi connectivity index (χ3n) is 6.98. The van der Waals surface area contributed by atoms with E-state index in [9.17, 15) is 27.6 Å². The van der Waals surface area contributed by atoms with Crippen molar-refractivity contribution in [3.63, 3.8) is 0 Å². The summed E-state index contributed by atoms with van der Waals surface area (Å²) in [4.78, 5) is 49.1. The highest BCUT2D eigenvalue weighted by atomic mass is 35.5. The molecule has 3 amide bonds. The molecule has 1 aliphatic heterocycles. The van der Waals surface area contributed by atoms with E-state index in [0.29, 0.717) is 58.9 Å². The number of rotatable bonds is 10. The fourth-order valence-corrected chi connectivity index (χ4v) is 6.71. The standard InChI is InChI=1S/C26H35Cl2N5O7S/c1-16(34)29-12-6-10-26(30-23(36)21-14-18-20(32(21)5)9-8-19(27)22(18)28)11-7-13-33(15-26)41(38,39)31-24(37)25(3,4)40-17(2)35/h8-9,14H,6-7,10-13,15H2,1-5H3,(H,29,34)(H,30,36)(H,31,37). The lowest BCUT2D eigenvalue weighted by molar-refractivity contribution is -0.162. The number of carbonyl (C=O) groups excluding carboxylic acids is 4. The van der Waals surface area contributed by atoms with Crippen molar-refractivity contribution < 1.29 is 32.3 Å². The highest BCUT2D eigenvalue weighted by Crippen LogP contribution is 2.33. The first kappa shape index (κ1) is 32.6. The first-order valence-electron chi connectivity index (χ1n) is 13.0. The number of fused-ring (bicyclic) bond motifs is 1. The van der Waals surface area contributed by atoms with E-state index in [1.54, 1.807) is 29.8 Å². The van der Waals surface area contributed by atoms with Crippen LogP contribution in [-0.2, 0) is 36.4 Å². The van der Waals surface area contributed by atoms with Crippen molar-refractivity contribution in [1.82, 2.24) is 24.2 Å². The number of hydrogen-bond donors (Lipinski definition) is 3. The molecule has 1 aromatic carbocycles. The molecular formula is C26H35Cl2N5O7S. The second kappa shape index (κ2) is 12.6. The van der Waals surface area contributed by atoms with Gasteiger partial charge in [-0.15, -0.1) is 0 Å². The van der Waals surface area contributed by atoms with E-state index in [1.165, 1.54) is 20.8 Å². The molecule has 0 saturated carbocycles. The number of aryl methyl sites for hydroxylation is 1. The molecule has 2 aromatic rings. The topological polar surface area (TPSA) is 156 Å². The van der Waals surface area contributed by atoms with E-state index in [1.807, 2.05) is 4.72 Å². The molecule has 3 rings (SSSR count). The van der Waals surface area contributed by atoms with Gasteiger partial charge in [-0.05, 0) is 57.7 Å². The number of ether oxygens (including phenoxy) is 1. The third kappa shape index (κ3) is 7.70. The molecule has 1 unspecified atom stereocenters. The molecule has 3 N–H and O–H groups in total. The minimum atomic E-state index is -4.37. The maximum absolute atomic E-state index is 13.7. The van der Waals surface area contributed by atoms with Gasteiger partial charge in [-0.1, -0.05) is 23.2 Å². The van der Waals surface area contributed by atoms with Crippen LogP contribution in [0.4, 0.5) is 0 Å². The maximum Gasteiger partial charge on any atom is 0.304 e. The summed E-state index contributed by atoms with van der Waals surface area (Å²) in [6.45, 7) is 5.37. The summed E-state index contributed by atoms with van der Waals surface area (Å²) in [6.07, 6.45) is 1.64. The minimum Gasteiger partial charge on any atom is -0.450 e. The van der Waals surface area contributed by atoms with Gasteiger partial charge in [0.15, 0.2) is 5.60 Å². The van der Waals surface area contributed by atoms with Crippen LogP contribution in [0.5, 0.6) is 0 Å². The first-order chi connectivity index (χ1) is 19.0. The van der Waals surface area contributed by atoms with Crippen molar-refractivity contribution in [3.8, 4) is 0 Å². The Hall–Kier alpha value is -2.87. The van der Waals surface area contributed by atoms with Crippen LogP contribution >= 0.6 is 23.2 Å². The van der Waals surface area contributed by atoms with Crippen LogP contribution < -0.4 is 15.4 Å². The average Bonchev–Trinajstić information content (AvgIpc) is 3.20. The predicted octanol–water partition coefficient (Wildman–Crippen LogP) is 2.67. The third-order valence-corrected chi connectivity index (χ3v) is 9.23. The number of piperidine rings is 1. The van der Waals surface area contributed by atoms with E-state index < -0.39 is 39.1 Å². The van der Waals surface area contributed by atoms with E-state index in [4.69, 9.17) is 27.9 Å². The number of carbonyl (C=O) groups is 4. The number of halogens is 2. The van der Waals surface area contributed by atoms with Crippen molar-refractivity contribution in [2.75, 3.05) is 19.6 Å². The summed E-state index contributed by atoms with van der Waals surface area (Å²) < 4.78 is 36.3. The Labute approximate surface area is 249 Å². The number of aromatic nitrogens is 1. The molecule has 1 aliphatic rings. The molecule has 12 nitrogen and oxygen atoms in total. The molecule has 41 heavy (non-hydrogen) atoms. The normalized spacial score (nSPS) is 18.1. The molecular weight excluding hydrogens is 597 g/mol. The predicted molar refractivity (Wildman–Crippen MR) is 155 cm³/mol. The fraction of sp³-hybridized carbons (Fsp3) is 0.538. The number of esters is 1. The Kier molecular flexibility index (Phi) is 10.00. The van der Waals surface area contributed by atoms with Gasteiger partial charge in [0, 0.05) is 51.4 Å². The lowest BCUT2D eigenvalue weighted by Crippen LogP contribution is -2.62. The van der Waals surface area contributed by atoms with Gasteiger partial charge in [-0.3, -0.25) is 19.2 Å². The largest absolute Gasteiger partial charge is 0.450 e. The second-order valence-corrected chi connectivity index (χ2v) is 13.1. The van der Waals surface area contributed by atoms with Crippen molar-refractivity contribution in [2.45, 2.75) is 64.5 Å². The van der Waals surface area contributed by atoms with Crippen LogP contribution in [0, 0.1) is 0 Å². The molecule has 1 atom stereocenters. The zero-order valence-corrected chi connectivity index (χ0v) is 25.9. The number of benzene rings is 1. The highest BCUT2D eigenvalue weighted by Gasteiger charge is 2.43. The van der Waals surface area contributed by atoms with Gasteiger partial charge in [-0.2, -0.15) is 12.7 Å². The van der Waals surface area contributed by atoms with Crippen molar-refractivity contribution >= 4 is 68.0 Å². The highest BCUT2D eigenvalue weighted by molar-refractivity contribution is 7.87. The Bertz CT molecular complexity index is 1470. The molecule has 226 valence electrons. The summed E-state index contributed by atoms with van der Waals surface area (Å²) >= 11 is 12.5. The zero-order valence-electron chi connectivity index (χ0n) is 23.6. The molecule has 0 spiro atoms. The average molecular weight is 633 g/mol. The van der Waals surface area contributed by atoms with Gasteiger partial charge in [0.2, 0.25) is 5.91 Å². The van der Waals surface area contributed by atoms with Crippen molar-refractivity contribution in [1.29, 1.82) is 0 Å². The number of nitrogens with zero attached hydrogens (tertiary/aromatic N) is 2. The van der Waals surface area contributed by atoms with Gasteiger partial charge in [0.25, 0.3) is 11.8 Å². The molecule has 0 radical (unpaired) electrons. The number of nitrogens with one attached hydrogen (secondary N) is 3. The second-order valence-electron chi connectivity index (χ2n) is 10.7. The van der Waals surface area contributed by atoms with E-state index in [-0.39, 0.29) is 19.0 Å². The van der Waals surface area contributed by atoms with Crippen LogP contribution in [0.2, 0.25) is 10.0 Å². The number of hydrogen-bond acceptors (Lipinski definition) is 7. The van der Waals surface area contributed by atoms with E-state index >= 15 is 0 Å². The summed E-state index contributed by atoms with van der Waals surface area (Å²) in [5, 5.41) is 7.01. The SMILES string of the molecule is CC(=O)NCCCC1(NC(=O)c2cc3c(Cl)c(Cl)ccc3n2C)CCCN(S(=O)(=O)NC(=O)C(C)(C)OC(C)=O)C1. The van der Waals surface area contributed by atoms with Crippen molar-refractivity contribution in [2.24, 2.45) is 7.05 Å². The van der Waals surface area contributed by atoms with Crippen molar-refractivity contribution in [3.05, 3.63) is 33.9 Å². The Balaban J connectivity index is 1.89. The molecule has 1 fully saturated rings. The van der Waals surface area contributed by atoms with Crippen LogP contribution in [0.25, 0.3) is 10.9 Å². The lowest BCUT2D eigenvalue weighted by atomic mass is 9.85. The molecule has 15 heteroatoms. The quantitative estimate of drug-likeness (QED) is 0.269. The Morgan fingerprint density at radius 1 is 1.15 bits per heavy atom.